The van der Waals surface area contributed by atoms with Crippen LogP contribution in [0.4, 0.5) is 0 Å². The summed E-state index contributed by atoms with van der Waals surface area (Å²) < 4.78 is 0. The Bertz CT molecular complexity index is 1430. The molecule has 3 aromatic carbocycles. The van der Waals surface area contributed by atoms with Gasteiger partial charge in [-0.3, -0.25) is 19.6 Å². The van der Waals surface area contributed by atoms with Crippen molar-refractivity contribution in [2.24, 2.45) is 0 Å². The molecule has 0 aliphatic carbocycles. The number of H-pyrrole nitrogens is 2. The lowest BCUT2D eigenvalue weighted by atomic mass is 10.2. The summed E-state index contributed by atoms with van der Waals surface area (Å²) in [6.07, 6.45) is 6.71. The van der Waals surface area contributed by atoms with Crippen molar-refractivity contribution in [3.8, 4) is 0 Å². The molecule has 0 amide bonds. The molecule has 0 saturated carbocycles. The number of aromatic nitrogens is 4. The smallest absolute Gasteiger partial charge is 0.255 e. The number of benzene rings is 3. The minimum atomic E-state index is -0.0249. The Morgan fingerprint density at radius 2 is 1.16 bits per heavy atom. The average molecular weight is 420 g/mol. The van der Waals surface area contributed by atoms with Gasteiger partial charge in [-0.25, -0.2) is 0 Å². The van der Waals surface area contributed by atoms with Gasteiger partial charge < -0.3 is 9.97 Å². The van der Waals surface area contributed by atoms with Crippen molar-refractivity contribution >= 4 is 32.7 Å². The van der Waals surface area contributed by atoms with E-state index in [2.05, 4.69) is 19.9 Å². The van der Waals surface area contributed by atoms with E-state index in [4.69, 9.17) is 0 Å². The molecule has 3 aromatic heterocycles. The van der Waals surface area contributed by atoms with Gasteiger partial charge in [-0.2, -0.15) is 0 Å². The summed E-state index contributed by atoms with van der Waals surface area (Å²) in [5, 5.41) is 2.47. The van der Waals surface area contributed by atoms with Gasteiger partial charge in [0.05, 0.1) is 11.0 Å². The highest BCUT2D eigenvalue weighted by atomic mass is 16.1. The molecule has 0 fully saturated rings. The van der Waals surface area contributed by atoms with E-state index in [1.807, 2.05) is 78.9 Å². The average Bonchev–Trinajstić information content (AvgIpc) is 2.86. The topological polar surface area (TPSA) is 91.5 Å². The van der Waals surface area contributed by atoms with E-state index in [1.54, 1.807) is 24.8 Å². The first-order valence-corrected chi connectivity index (χ1v) is 10.0. The van der Waals surface area contributed by atoms with Crippen molar-refractivity contribution in [3.05, 3.63) is 130 Å². The van der Waals surface area contributed by atoms with Crippen LogP contribution in [0.25, 0.3) is 32.7 Å². The predicted molar refractivity (Wildman–Crippen MR) is 129 cm³/mol. The van der Waals surface area contributed by atoms with Crippen LogP contribution in [0.5, 0.6) is 0 Å². The molecule has 0 radical (unpaired) electrons. The zero-order valence-corrected chi connectivity index (χ0v) is 17.1. The molecule has 0 spiro atoms. The van der Waals surface area contributed by atoms with Crippen LogP contribution in [0.2, 0.25) is 0 Å². The Kier molecular flexibility index (Phi) is 6.43. The van der Waals surface area contributed by atoms with Crippen LogP contribution in [-0.2, 0) is 0 Å². The number of nitrogens with one attached hydrogen (secondary N) is 2. The number of rotatable bonds is 0. The monoisotopic (exact) mass is 420 g/mol. The van der Waals surface area contributed by atoms with Gasteiger partial charge in [-0.15, -0.1) is 0 Å². The Hall–Kier alpha value is -4.58. The van der Waals surface area contributed by atoms with Gasteiger partial charge in [-0.1, -0.05) is 42.5 Å². The van der Waals surface area contributed by atoms with E-state index in [9.17, 15) is 9.59 Å². The maximum Gasteiger partial charge on any atom is 0.255 e. The summed E-state index contributed by atoms with van der Waals surface area (Å²) in [5.41, 5.74) is 2.83. The van der Waals surface area contributed by atoms with Crippen molar-refractivity contribution in [3.63, 3.8) is 0 Å². The molecule has 0 unspecified atom stereocenters. The van der Waals surface area contributed by atoms with Crippen LogP contribution >= 0.6 is 0 Å². The zero-order chi connectivity index (χ0) is 22.2. The van der Waals surface area contributed by atoms with E-state index >= 15 is 0 Å². The molecule has 0 aliphatic rings. The Morgan fingerprint density at radius 1 is 0.562 bits per heavy atom. The number of hydrogen-bond donors (Lipinski definition) is 2. The first kappa shape index (κ1) is 20.7. The molecule has 0 bridgehead atoms. The first-order valence-electron chi connectivity index (χ1n) is 10.0. The number of nitrogens with zero attached hydrogens (tertiary/aromatic N) is 2. The van der Waals surface area contributed by atoms with Gasteiger partial charge >= 0.3 is 0 Å². The predicted octanol–water partition coefficient (Wildman–Crippen LogP) is 4.69. The third kappa shape index (κ3) is 4.94. The van der Waals surface area contributed by atoms with Crippen molar-refractivity contribution in [2.75, 3.05) is 0 Å². The van der Waals surface area contributed by atoms with Crippen LogP contribution in [0.1, 0.15) is 0 Å². The van der Waals surface area contributed by atoms with Crippen LogP contribution in [0, 0.1) is 0 Å². The molecular weight excluding hydrogens is 400 g/mol. The van der Waals surface area contributed by atoms with E-state index in [1.165, 1.54) is 6.07 Å². The minimum Gasteiger partial charge on any atom is -0.361 e. The van der Waals surface area contributed by atoms with Gasteiger partial charge in [-0.05, 0) is 41.8 Å². The Morgan fingerprint density at radius 3 is 1.84 bits per heavy atom. The summed E-state index contributed by atoms with van der Waals surface area (Å²) in [4.78, 5) is 36.1. The Balaban J connectivity index is 0.000000115. The van der Waals surface area contributed by atoms with Crippen molar-refractivity contribution < 1.29 is 0 Å². The fourth-order valence-corrected chi connectivity index (χ4v) is 3.16. The summed E-state index contributed by atoms with van der Waals surface area (Å²) >= 11 is 0. The zero-order valence-electron chi connectivity index (χ0n) is 17.1. The highest BCUT2D eigenvalue weighted by molar-refractivity contribution is 5.81. The van der Waals surface area contributed by atoms with Gasteiger partial charge in [0.2, 0.25) is 0 Å². The molecule has 156 valence electrons. The molecular formula is C26H20N4O2. The second kappa shape index (κ2) is 9.95. The number of pyridine rings is 2. The molecule has 6 aromatic rings. The molecule has 0 aliphatic heterocycles. The summed E-state index contributed by atoms with van der Waals surface area (Å²) in [5.74, 6) is 0. The lowest BCUT2D eigenvalue weighted by molar-refractivity contribution is 1.28. The van der Waals surface area contributed by atoms with Crippen molar-refractivity contribution in [1.82, 2.24) is 19.9 Å². The van der Waals surface area contributed by atoms with Gasteiger partial charge in [0, 0.05) is 47.1 Å². The van der Waals surface area contributed by atoms with Crippen LogP contribution < -0.4 is 11.0 Å². The van der Waals surface area contributed by atoms with Crippen LogP contribution in [-0.4, -0.2) is 19.9 Å². The molecule has 6 rings (SSSR count). The van der Waals surface area contributed by atoms with E-state index in [0.717, 1.165) is 32.7 Å². The van der Waals surface area contributed by atoms with Crippen LogP contribution in [0.3, 0.4) is 0 Å². The van der Waals surface area contributed by atoms with Crippen molar-refractivity contribution in [2.45, 2.75) is 0 Å². The van der Waals surface area contributed by atoms with Gasteiger partial charge in [0.25, 0.3) is 5.56 Å². The second-order valence-corrected chi connectivity index (χ2v) is 6.83. The SMILES string of the molecule is O=c1[nH]ccc2ccccc12.O=c1cc[nH]c2ccccc12.c1ccc2nccnc2c1. The van der Waals surface area contributed by atoms with Gasteiger partial charge in [0.15, 0.2) is 5.43 Å². The minimum absolute atomic E-state index is 0.0249. The maximum atomic E-state index is 11.2. The third-order valence-electron chi connectivity index (χ3n) is 4.72. The third-order valence-corrected chi connectivity index (χ3v) is 4.72. The number of fused-ring (bicyclic) bond motifs is 3. The molecule has 2 N–H and O–H groups in total. The van der Waals surface area contributed by atoms with E-state index in [0.29, 0.717) is 0 Å². The molecule has 6 nitrogen and oxygen atoms in total. The highest BCUT2D eigenvalue weighted by Gasteiger charge is 1.93. The number of para-hydroxylation sites is 3. The standard InChI is InChI=1S/2C9H7NO.C8H6N2/c11-9-5-6-10-8-4-2-1-3-7(8)9;11-9-8-4-2-1-3-7(8)5-6-10-9;1-2-4-8-7(3-1)9-5-6-10-8/h2*1-6H,(H,10,11);1-6H. The largest absolute Gasteiger partial charge is 0.361 e. The van der Waals surface area contributed by atoms with E-state index < -0.39 is 0 Å². The Labute approximate surface area is 183 Å². The van der Waals surface area contributed by atoms with Gasteiger partial charge in [0.1, 0.15) is 0 Å². The lowest BCUT2D eigenvalue weighted by Gasteiger charge is -1.92. The van der Waals surface area contributed by atoms with E-state index in [-0.39, 0.29) is 11.0 Å². The maximum absolute atomic E-state index is 11.2. The molecule has 32 heavy (non-hydrogen) atoms. The number of aromatic amines is 2. The molecule has 6 heteroatoms. The molecule has 0 saturated heterocycles. The summed E-state index contributed by atoms with van der Waals surface area (Å²) in [6, 6.07) is 26.2. The highest BCUT2D eigenvalue weighted by Crippen LogP contribution is 2.06. The fraction of sp³-hybridized carbons (Fsp3) is 0. The molecule has 0 atom stereocenters. The van der Waals surface area contributed by atoms with Crippen molar-refractivity contribution in [1.29, 1.82) is 0 Å². The molecule has 3 heterocycles. The summed E-state index contributed by atoms with van der Waals surface area (Å²) in [6.45, 7) is 0. The van der Waals surface area contributed by atoms with Crippen LogP contribution in [0.15, 0.2) is 119 Å². The first-order chi connectivity index (χ1) is 15.7. The second-order valence-electron chi connectivity index (χ2n) is 6.83. The lowest BCUT2D eigenvalue weighted by Crippen LogP contribution is -2.03. The normalized spacial score (nSPS) is 10.1. The summed E-state index contributed by atoms with van der Waals surface area (Å²) in [7, 11) is 0. The number of hydrogen-bond acceptors (Lipinski definition) is 4. The fourth-order valence-electron chi connectivity index (χ4n) is 3.16. The quantitative estimate of drug-likeness (QED) is 0.373.